The zero-order valence-electron chi connectivity index (χ0n) is 14.3. The number of halogens is 2. The van der Waals surface area contributed by atoms with E-state index < -0.39 is 6.61 Å². The maximum Gasteiger partial charge on any atom is 0.387 e. The van der Waals surface area contributed by atoms with E-state index in [4.69, 9.17) is 9.47 Å². The van der Waals surface area contributed by atoms with E-state index in [-0.39, 0.29) is 23.8 Å². The highest BCUT2D eigenvalue weighted by Crippen LogP contribution is 2.34. The molecule has 1 aliphatic rings. The number of hydrogen-bond acceptors (Lipinski definition) is 4. The van der Waals surface area contributed by atoms with Crippen LogP contribution in [0.25, 0.3) is 0 Å². The average Bonchev–Trinajstić information content (AvgIpc) is 2.61. The van der Waals surface area contributed by atoms with Crippen LogP contribution in [0, 0.1) is 0 Å². The van der Waals surface area contributed by atoms with Crippen molar-refractivity contribution in [3.05, 3.63) is 53.6 Å². The predicted molar refractivity (Wildman–Crippen MR) is 90.9 cm³/mol. The van der Waals surface area contributed by atoms with Gasteiger partial charge >= 0.3 is 6.61 Å². The van der Waals surface area contributed by atoms with Gasteiger partial charge in [0.25, 0.3) is 5.91 Å². The van der Waals surface area contributed by atoms with Crippen molar-refractivity contribution in [3.63, 3.8) is 0 Å². The Bertz CT molecular complexity index is 782. The van der Waals surface area contributed by atoms with Gasteiger partial charge in [0, 0.05) is 18.7 Å². The maximum atomic E-state index is 13.0. The van der Waals surface area contributed by atoms with Crippen molar-refractivity contribution in [2.45, 2.75) is 19.6 Å². The summed E-state index contributed by atoms with van der Waals surface area (Å²) < 4.78 is 40.8. The van der Waals surface area contributed by atoms with E-state index in [0.29, 0.717) is 31.1 Å². The number of methoxy groups -OCH3 is 1. The summed E-state index contributed by atoms with van der Waals surface area (Å²) in [5.74, 6) is 0.705. The van der Waals surface area contributed by atoms with Crippen molar-refractivity contribution in [1.82, 2.24) is 4.90 Å². The zero-order chi connectivity index (χ0) is 18.5. The number of hydrogen-bond donors (Lipinski definition) is 0. The third-order valence-corrected chi connectivity index (χ3v) is 4.08. The van der Waals surface area contributed by atoms with Gasteiger partial charge in [0.1, 0.15) is 5.75 Å². The molecule has 0 fully saturated rings. The number of fused-ring (bicyclic) bond motifs is 1. The van der Waals surface area contributed by atoms with Crippen molar-refractivity contribution in [2.75, 3.05) is 20.3 Å². The lowest BCUT2D eigenvalue weighted by atomic mass is 10.1. The molecule has 0 atom stereocenters. The maximum absolute atomic E-state index is 13.0. The minimum absolute atomic E-state index is 0.110. The summed E-state index contributed by atoms with van der Waals surface area (Å²) in [6, 6.07) is 11.5. The average molecular weight is 363 g/mol. The number of carbonyl (C=O) groups excluding carboxylic acids is 1. The highest BCUT2D eigenvalue weighted by molar-refractivity contribution is 5.97. The number of para-hydroxylation sites is 2. The molecule has 26 heavy (non-hydrogen) atoms. The number of amides is 1. The van der Waals surface area contributed by atoms with Gasteiger partial charge in [0.05, 0.1) is 19.3 Å². The normalized spacial score (nSPS) is 14.1. The molecule has 0 saturated heterocycles. The molecule has 0 aromatic heterocycles. The summed E-state index contributed by atoms with van der Waals surface area (Å²) >= 11 is 0. The van der Waals surface area contributed by atoms with Crippen LogP contribution in [-0.4, -0.2) is 37.7 Å². The highest BCUT2D eigenvalue weighted by atomic mass is 19.3. The first-order valence-corrected chi connectivity index (χ1v) is 8.22. The number of ether oxygens (including phenoxy) is 3. The fraction of sp³-hybridized carbons (Fsp3) is 0.316. The molecular formula is C19H19F2NO4. The minimum Gasteiger partial charge on any atom is -0.493 e. The monoisotopic (exact) mass is 363 g/mol. The molecule has 0 radical (unpaired) electrons. The van der Waals surface area contributed by atoms with Crippen LogP contribution in [0.1, 0.15) is 22.3 Å². The quantitative estimate of drug-likeness (QED) is 0.831. The second kappa shape index (κ2) is 8.03. The molecule has 1 aliphatic heterocycles. The standard InChI is InChI=1S/C19H19F2NO4/c1-24-16-9-4-6-13-12-22(10-5-11-25-17(13)16)18(23)14-7-2-3-8-15(14)26-19(20)21/h2-4,6-9,19H,5,10-12H2,1H3. The number of nitrogens with zero attached hydrogens (tertiary/aromatic N) is 1. The molecule has 0 bridgehead atoms. The van der Waals surface area contributed by atoms with Crippen LogP contribution in [-0.2, 0) is 6.54 Å². The summed E-state index contributed by atoms with van der Waals surface area (Å²) in [5.41, 5.74) is 0.906. The lowest BCUT2D eigenvalue weighted by Crippen LogP contribution is -2.34. The Morgan fingerprint density at radius 1 is 1.15 bits per heavy atom. The van der Waals surface area contributed by atoms with Gasteiger partial charge in [-0.1, -0.05) is 24.3 Å². The van der Waals surface area contributed by atoms with E-state index in [2.05, 4.69) is 4.74 Å². The van der Waals surface area contributed by atoms with Gasteiger partial charge in [0.15, 0.2) is 11.5 Å². The topological polar surface area (TPSA) is 48.0 Å². The Morgan fingerprint density at radius 3 is 2.69 bits per heavy atom. The van der Waals surface area contributed by atoms with Crippen LogP contribution < -0.4 is 14.2 Å². The van der Waals surface area contributed by atoms with E-state index >= 15 is 0 Å². The fourth-order valence-corrected chi connectivity index (χ4v) is 2.91. The Balaban J connectivity index is 1.90. The molecule has 7 heteroatoms. The molecule has 2 aromatic carbocycles. The lowest BCUT2D eigenvalue weighted by molar-refractivity contribution is -0.0503. The summed E-state index contributed by atoms with van der Waals surface area (Å²) in [6.07, 6.45) is 0.612. The van der Waals surface area contributed by atoms with Gasteiger partial charge in [-0.3, -0.25) is 4.79 Å². The molecule has 1 heterocycles. The van der Waals surface area contributed by atoms with E-state index in [0.717, 1.165) is 5.56 Å². The molecule has 1 amide bonds. The predicted octanol–water partition coefficient (Wildman–Crippen LogP) is 3.72. The fourth-order valence-electron chi connectivity index (χ4n) is 2.91. The van der Waals surface area contributed by atoms with Crippen molar-refractivity contribution >= 4 is 5.91 Å². The zero-order valence-corrected chi connectivity index (χ0v) is 14.3. The molecule has 0 aliphatic carbocycles. The SMILES string of the molecule is COc1cccc2c1OCCCN(C(=O)c1ccccc1OC(F)F)C2. The largest absolute Gasteiger partial charge is 0.493 e. The molecule has 0 unspecified atom stereocenters. The van der Waals surface area contributed by atoms with Crippen LogP contribution >= 0.6 is 0 Å². The van der Waals surface area contributed by atoms with Crippen LogP contribution in [0.15, 0.2) is 42.5 Å². The summed E-state index contributed by atoms with van der Waals surface area (Å²) in [7, 11) is 1.55. The highest BCUT2D eigenvalue weighted by Gasteiger charge is 2.24. The summed E-state index contributed by atoms with van der Waals surface area (Å²) in [6.45, 7) is -1.84. The third-order valence-electron chi connectivity index (χ3n) is 4.08. The summed E-state index contributed by atoms with van der Waals surface area (Å²) in [4.78, 5) is 14.6. The van der Waals surface area contributed by atoms with Gasteiger partial charge < -0.3 is 19.1 Å². The number of alkyl halides is 2. The van der Waals surface area contributed by atoms with E-state index in [1.165, 1.54) is 12.1 Å². The van der Waals surface area contributed by atoms with Crippen LogP contribution in [0.4, 0.5) is 8.78 Å². The Hall–Kier alpha value is -2.83. The number of rotatable bonds is 4. The number of benzene rings is 2. The van der Waals surface area contributed by atoms with E-state index in [9.17, 15) is 13.6 Å². The third kappa shape index (κ3) is 3.87. The van der Waals surface area contributed by atoms with Crippen LogP contribution in [0.5, 0.6) is 17.2 Å². The smallest absolute Gasteiger partial charge is 0.387 e. The van der Waals surface area contributed by atoms with Crippen molar-refractivity contribution < 1.29 is 27.8 Å². The molecule has 3 rings (SSSR count). The van der Waals surface area contributed by atoms with Gasteiger partial charge in [0.2, 0.25) is 0 Å². The van der Waals surface area contributed by atoms with Gasteiger partial charge in [-0.25, -0.2) is 0 Å². The molecular weight excluding hydrogens is 344 g/mol. The van der Waals surface area contributed by atoms with Crippen LogP contribution in [0.2, 0.25) is 0 Å². The molecule has 0 N–H and O–H groups in total. The summed E-state index contributed by atoms with van der Waals surface area (Å²) in [5, 5.41) is 0. The molecule has 2 aromatic rings. The first-order chi connectivity index (χ1) is 12.6. The molecule has 0 saturated carbocycles. The van der Waals surface area contributed by atoms with Gasteiger partial charge in [-0.15, -0.1) is 0 Å². The Morgan fingerprint density at radius 2 is 1.92 bits per heavy atom. The van der Waals surface area contributed by atoms with Gasteiger partial charge in [-0.2, -0.15) is 8.78 Å². The second-order valence-electron chi connectivity index (χ2n) is 5.75. The van der Waals surface area contributed by atoms with E-state index in [1.54, 1.807) is 30.2 Å². The van der Waals surface area contributed by atoms with Crippen molar-refractivity contribution in [3.8, 4) is 17.2 Å². The first-order valence-electron chi connectivity index (χ1n) is 8.22. The Labute approximate surface area is 150 Å². The van der Waals surface area contributed by atoms with Gasteiger partial charge in [-0.05, 0) is 24.6 Å². The molecule has 0 spiro atoms. The second-order valence-corrected chi connectivity index (χ2v) is 5.75. The molecule has 5 nitrogen and oxygen atoms in total. The Kier molecular flexibility index (Phi) is 5.55. The van der Waals surface area contributed by atoms with Crippen molar-refractivity contribution in [2.24, 2.45) is 0 Å². The van der Waals surface area contributed by atoms with Crippen molar-refractivity contribution in [1.29, 1.82) is 0 Å². The lowest BCUT2D eigenvalue weighted by Gasteiger charge is -2.28. The van der Waals surface area contributed by atoms with E-state index in [1.807, 2.05) is 12.1 Å². The minimum atomic E-state index is -2.99. The number of carbonyl (C=O) groups is 1. The molecule has 138 valence electrons. The first kappa shape index (κ1) is 18.0. The van der Waals surface area contributed by atoms with Crippen LogP contribution in [0.3, 0.4) is 0 Å².